The minimum Gasteiger partial charge on any atom is -0.439 e. The van der Waals surface area contributed by atoms with E-state index in [2.05, 4.69) is 49.9 Å². The third-order valence-electron chi connectivity index (χ3n) is 4.32. The van der Waals surface area contributed by atoms with E-state index in [-0.39, 0.29) is 0 Å². The van der Waals surface area contributed by atoms with Gasteiger partial charge in [0.1, 0.15) is 0 Å². The maximum atomic E-state index is 5.83. The van der Waals surface area contributed by atoms with Crippen LogP contribution in [0.4, 0.5) is 0 Å². The van der Waals surface area contributed by atoms with Gasteiger partial charge in [-0.3, -0.25) is 9.39 Å². The van der Waals surface area contributed by atoms with Crippen molar-refractivity contribution in [3.63, 3.8) is 0 Å². The molecule has 0 saturated heterocycles. The van der Waals surface area contributed by atoms with E-state index in [0.717, 1.165) is 22.8 Å². The van der Waals surface area contributed by atoms with Gasteiger partial charge in [0.15, 0.2) is 23.2 Å². The average molecular weight is 375 g/mol. The van der Waals surface area contributed by atoms with Crippen LogP contribution in [0.5, 0.6) is 0 Å². The van der Waals surface area contributed by atoms with Gasteiger partial charge in [-0.25, -0.2) is 4.98 Å². The van der Waals surface area contributed by atoms with Crippen molar-refractivity contribution >= 4 is 11.6 Å². The molecule has 0 fully saturated rings. The van der Waals surface area contributed by atoms with Gasteiger partial charge >= 0.3 is 0 Å². The standard InChI is InChI=1S/C20H21N7O/c1-14-6-8-15(9-7-14)16-11-22-19(28-16)13-24-20(21-2)23-12-18-26-25-17-5-3-4-10-27(17)18/h3-11H,12-13H2,1-2H3,(H2,21,23,24). The van der Waals surface area contributed by atoms with E-state index in [1.807, 2.05) is 40.9 Å². The molecule has 4 aromatic rings. The molecule has 3 heterocycles. The SMILES string of the molecule is CN=C(NCc1ncc(-c2ccc(C)cc2)o1)NCc1nnc2ccccn12. The summed E-state index contributed by atoms with van der Waals surface area (Å²) in [5, 5.41) is 14.8. The third kappa shape index (κ3) is 3.85. The van der Waals surface area contributed by atoms with Crippen molar-refractivity contribution in [2.45, 2.75) is 20.0 Å². The molecule has 0 aliphatic heterocycles. The Morgan fingerprint density at radius 2 is 1.89 bits per heavy atom. The van der Waals surface area contributed by atoms with E-state index < -0.39 is 0 Å². The van der Waals surface area contributed by atoms with Gasteiger partial charge < -0.3 is 15.1 Å². The monoisotopic (exact) mass is 375 g/mol. The molecular weight excluding hydrogens is 354 g/mol. The summed E-state index contributed by atoms with van der Waals surface area (Å²) in [6, 6.07) is 13.9. The zero-order chi connectivity index (χ0) is 19.3. The molecule has 1 aromatic carbocycles. The minimum atomic E-state index is 0.423. The van der Waals surface area contributed by atoms with Crippen LogP contribution in [0, 0.1) is 6.92 Å². The number of hydrogen-bond acceptors (Lipinski definition) is 5. The Hall–Kier alpha value is -3.68. The van der Waals surface area contributed by atoms with Gasteiger partial charge in [-0.05, 0) is 19.1 Å². The lowest BCUT2D eigenvalue weighted by Gasteiger charge is -2.09. The summed E-state index contributed by atoms with van der Waals surface area (Å²) >= 11 is 0. The van der Waals surface area contributed by atoms with E-state index in [0.29, 0.717) is 24.9 Å². The first kappa shape index (κ1) is 17.7. The fourth-order valence-corrected chi connectivity index (χ4v) is 2.80. The van der Waals surface area contributed by atoms with Crippen molar-refractivity contribution in [3.8, 4) is 11.3 Å². The summed E-state index contributed by atoms with van der Waals surface area (Å²) in [5.74, 6) is 2.76. The Labute approximate surface area is 162 Å². The van der Waals surface area contributed by atoms with Crippen LogP contribution in [0.15, 0.2) is 64.3 Å². The van der Waals surface area contributed by atoms with E-state index in [4.69, 9.17) is 4.42 Å². The Kier molecular flexibility index (Phi) is 5.01. The van der Waals surface area contributed by atoms with Gasteiger partial charge in [-0.2, -0.15) is 0 Å². The fourth-order valence-electron chi connectivity index (χ4n) is 2.80. The lowest BCUT2D eigenvalue weighted by atomic mass is 10.1. The quantitative estimate of drug-likeness (QED) is 0.411. The molecule has 2 N–H and O–H groups in total. The molecule has 0 amide bonds. The molecule has 142 valence electrons. The fraction of sp³-hybridized carbons (Fsp3) is 0.200. The summed E-state index contributed by atoms with van der Waals surface area (Å²) in [6.07, 6.45) is 3.67. The van der Waals surface area contributed by atoms with E-state index >= 15 is 0 Å². The van der Waals surface area contributed by atoms with Gasteiger partial charge in [0.25, 0.3) is 0 Å². The summed E-state index contributed by atoms with van der Waals surface area (Å²) in [5.41, 5.74) is 3.02. The second-order valence-corrected chi connectivity index (χ2v) is 6.31. The van der Waals surface area contributed by atoms with E-state index in [9.17, 15) is 0 Å². The molecule has 28 heavy (non-hydrogen) atoms. The number of aromatic nitrogens is 4. The lowest BCUT2D eigenvalue weighted by Crippen LogP contribution is -2.36. The second kappa shape index (κ2) is 7.91. The molecule has 8 nitrogen and oxygen atoms in total. The highest BCUT2D eigenvalue weighted by Gasteiger charge is 2.09. The summed E-state index contributed by atoms with van der Waals surface area (Å²) < 4.78 is 7.76. The number of fused-ring (bicyclic) bond motifs is 1. The maximum absolute atomic E-state index is 5.83. The molecule has 0 unspecified atom stereocenters. The van der Waals surface area contributed by atoms with Crippen molar-refractivity contribution in [2.75, 3.05) is 7.05 Å². The lowest BCUT2D eigenvalue weighted by molar-refractivity contribution is 0.497. The Morgan fingerprint density at radius 1 is 1.07 bits per heavy atom. The molecule has 0 atom stereocenters. The largest absolute Gasteiger partial charge is 0.439 e. The Balaban J connectivity index is 1.35. The normalized spacial score (nSPS) is 11.7. The van der Waals surface area contributed by atoms with Crippen molar-refractivity contribution in [2.24, 2.45) is 4.99 Å². The number of guanidine groups is 1. The van der Waals surface area contributed by atoms with Crippen LogP contribution >= 0.6 is 0 Å². The number of aryl methyl sites for hydroxylation is 1. The first-order valence-electron chi connectivity index (χ1n) is 8.98. The van der Waals surface area contributed by atoms with Gasteiger partial charge in [0.05, 0.1) is 19.3 Å². The highest BCUT2D eigenvalue weighted by Crippen LogP contribution is 2.20. The number of benzene rings is 1. The molecule has 0 spiro atoms. The molecule has 8 heteroatoms. The van der Waals surface area contributed by atoms with Crippen LogP contribution < -0.4 is 10.6 Å². The second-order valence-electron chi connectivity index (χ2n) is 6.31. The van der Waals surface area contributed by atoms with Crippen molar-refractivity contribution < 1.29 is 4.42 Å². The van der Waals surface area contributed by atoms with Crippen LogP contribution in [-0.2, 0) is 13.1 Å². The first-order chi connectivity index (χ1) is 13.7. The topological polar surface area (TPSA) is 92.6 Å². The molecule has 4 rings (SSSR count). The zero-order valence-corrected chi connectivity index (χ0v) is 15.8. The minimum absolute atomic E-state index is 0.423. The highest BCUT2D eigenvalue weighted by molar-refractivity contribution is 5.79. The maximum Gasteiger partial charge on any atom is 0.214 e. The van der Waals surface area contributed by atoms with Gasteiger partial charge in [-0.1, -0.05) is 35.9 Å². The third-order valence-corrected chi connectivity index (χ3v) is 4.32. The highest BCUT2D eigenvalue weighted by atomic mass is 16.4. The number of oxazole rings is 1. The van der Waals surface area contributed by atoms with Gasteiger partial charge in [-0.15, -0.1) is 10.2 Å². The molecule has 0 radical (unpaired) electrons. The number of rotatable bonds is 5. The number of aliphatic imine (C=N–C) groups is 1. The van der Waals surface area contributed by atoms with Crippen molar-refractivity contribution in [1.29, 1.82) is 0 Å². The van der Waals surface area contributed by atoms with Crippen molar-refractivity contribution in [3.05, 3.63) is 72.1 Å². The number of hydrogen-bond donors (Lipinski definition) is 2. The number of nitrogens with zero attached hydrogens (tertiary/aromatic N) is 5. The Bertz CT molecular complexity index is 1100. The van der Waals surface area contributed by atoms with Gasteiger partial charge in [0.2, 0.25) is 5.89 Å². The zero-order valence-electron chi connectivity index (χ0n) is 15.8. The molecule has 0 bridgehead atoms. The summed E-state index contributed by atoms with van der Waals surface area (Å²) in [7, 11) is 1.71. The molecule has 0 aliphatic rings. The molecule has 0 aliphatic carbocycles. The number of nitrogens with one attached hydrogen (secondary N) is 2. The van der Waals surface area contributed by atoms with Crippen LogP contribution in [0.2, 0.25) is 0 Å². The van der Waals surface area contributed by atoms with Crippen molar-refractivity contribution in [1.82, 2.24) is 30.2 Å². The van der Waals surface area contributed by atoms with Crippen LogP contribution in [0.1, 0.15) is 17.3 Å². The van der Waals surface area contributed by atoms with Gasteiger partial charge in [0, 0.05) is 18.8 Å². The average Bonchev–Trinajstić information content (AvgIpc) is 3.36. The Morgan fingerprint density at radius 3 is 2.71 bits per heavy atom. The van der Waals surface area contributed by atoms with Crippen LogP contribution in [0.3, 0.4) is 0 Å². The smallest absolute Gasteiger partial charge is 0.214 e. The summed E-state index contributed by atoms with van der Waals surface area (Å²) in [6.45, 7) is 2.97. The molecular formula is C20H21N7O. The van der Waals surface area contributed by atoms with Crippen LogP contribution in [0.25, 0.3) is 17.0 Å². The predicted molar refractivity (Wildman–Crippen MR) is 107 cm³/mol. The van der Waals surface area contributed by atoms with E-state index in [1.165, 1.54) is 5.56 Å². The predicted octanol–water partition coefficient (Wildman–Crippen LogP) is 2.56. The molecule has 0 saturated carbocycles. The first-order valence-corrected chi connectivity index (χ1v) is 8.98. The molecule has 3 aromatic heterocycles. The number of pyridine rings is 1. The van der Waals surface area contributed by atoms with E-state index in [1.54, 1.807) is 13.2 Å². The van der Waals surface area contributed by atoms with Crippen LogP contribution in [-0.4, -0.2) is 32.6 Å². The summed E-state index contributed by atoms with van der Waals surface area (Å²) in [4.78, 5) is 8.56.